The first-order valence-corrected chi connectivity index (χ1v) is 15.7. The van der Waals surface area contributed by atoms with Crippen molar-refractivity contribution in [1.29, 1.82) is 0 Å². The van der Waals surface area contributed by atoms with Crippen LogP contribution in [-0.4, -0.2) is 47.2 Å². The quantitative estimate of drug-likeness (QED) is 0.312. The Morgan fingerprint density at radius 3 is 2.25 bits per heavy atom. The van der Waals surface area contributed by atoms with Crippen molar-refractivity contribution in [2.75, 3.05) is 30.2 Å². The highest BCUT2D eigenvalue weighted by Gasteiger charge is 2.33. The Bertz CT molecular complexity index is 1730. The average molecular weight is 580 g/mol. The predicted molar refractivity (Wildman–Crippen MR) is 154 cm³/mol. The summed E-state index contributed by atoms with van der Waals surface area (Å²) in [5.41, 5.74) is 0.895. The van der Waals surface area contributed by atoms with Crippen LogP contribution in [0.5, 0.6) is 5.75 Å². The van der Waals surface area contributed by atoms with Crippen LogP contribution in [-0.2, 0) is 24.8 Å². The van der Waals surface area contributed by atoms with Crippen LogP contribution >= 0.6 is 0 Å². The van der Waals surface area contributed by atoms with E-state index in [9.17, 15) is 21.6 Å². The Kier molecular flexibility index (Phi) is 7.79. The lowest BCUT2D eigenvalue weighted by molar-refractivity contribution is -0.120. The van der Waals surface area contributed by atoms with E-state index in [-0.39, 0.29) is 22.2 Å². The molecule has 2 N–H and O–H groups in total. The number of carbonyl (C=O) groups excluding carboxylic acids is 1. The Hall–Kier alpha value is -3.93. The van der Waals surface area contributed by atoms with Gasteiger partial charge in [0.05, 0.1) is 28.5 Å². The number of nitrogens with zero attached hydrogens (tertiary/aromatic N) is 1. The lowest BCUT2D eigenvalue weighted by Gasteiger charge is -2.31. The maximum atomic E-state index is 13.1. The molecule has 40 heavy (non-hydrogen) atoms. The molecule has 1 heterocycles. The summed E-state index contributed by atoms with van der Waals surface area (Å²) < 4.78 is 61.4. The van der Waals surface area contributed by atoms with Crippen molar-refractivity contribution in [2.24, 2.45) is 5.92 Å². The van der Waals surface area contributed by atoms with Gasteiger partial charge in [-0.2, -0.15) is 4.31 Å². The number of piperidine rings is 1. The highest BCUT2D eigenvalue weighted by atomic mass is 32.2. The zero-order valence-corrected chi connectivity index (χ0v) is 23.4. The normalized spacial score (nSPS) is 16.4. The lowest BCUT2D eigenvalue weighted by Crippen LogP contribution is -2.43. The molecule has 0 bridgehead atoms. The van der Waals surface area contributed by atoms with E-state index in [1.807, 2.05) is 30.3 Å². The summed E-state index contributed by atoms with van der Waals surface area (Å²) in [5.74, 6) is -0.310. The van der Waals surface area contributed by atoms with Gasteiger partial charge in [-0.25, -0.2) is 16.8 Å². The highest BCUT2D eigenvalue weighted by molar-refractivity contribution is 7.92. The van der Waals surface area contributed by atoms with Crippen molar-refractivity contribution in [2.45, 2.75) is 22.6 Å². The molecule has 5 rings (SSSR count). The molecule has 1 amide bonds. The third-order valence-electron chi connectivity index (χ3n) is 6.92. The van der Waals surface area contributed by atoms with Gasteiger partial charge in [0.15, 0.2) is 0 Å². The third kappa shape index (κ3) is 5.81. The molecular weight excluding hydrogens is 550 g/mol. The summed E-state index contributed by atoms with van der Waals surface area (Å²) in [6.07, 6.45) is 1.09. The van der Waals surface area contributed by atoms with Gasteiger partial charge in [0.1, 0.15) is 5.75 Å². The fourth-order valence-corrected chi connectivity index (χ4v) is 7.35. The van der Waals surface area contributed by atoms with Crippen LogP contribution in [0.15, 0.2) is 101 Å². The van der Waals surface area contributed by atoms with Crippen molar-refractivity contribution in [1.82, 2.24) is 4.31 Å². The molecule has 1 saturated heterocycles. The van der Waals surface area contributed by atoms with Gasteiger partial charge in [-0.3, -0.25) is 9.52 Å². The van der Waals surface area contributed by atoms with E-state index in [2.05, 4.69) is 10.0 Å². The number of nitrogens with one attached hydrogen (secondary N) is 2. The number of anilines is 2. The van der Waals surface area contributed by atoms with Gasteiger partial charge in [0, 0.05) is 24.2 Å². The molecule has 1 aliphatic heterocycles. The first-order chi connectivity index (χ1) is 19.2. The number of methoxy groups -OCH3 is 1. The van der Waals surface area contributed by atoms with E-state index >= 15 is 0 Å². The predicted octanol–water partition coefficient (Wildman–Crippen LogP) is 4.69. The Labute approximate surface area is 233 Å². The maximum Gasteiger partial charge on any atom is 0.261 e. The second-order valence-corrected chi connectivity index (χ2v) is 13.1. The second-order valence-electron chi connectivity index (χ2n) is 9.52. The molecule has 1 atom stereocenters. The Morgan fingerprint density at radius 2 is 1.52 bits per heavy atom. The minimum atomic E-state index is -3.87. The number of ether oxygens (including phenoxy) is 1. The zero-order chi connectivity index (χ0) is 28.3. The summed E-state index contributed by atoms with van der Waals surface area (Å²) in [6.45, 7) is 0.385. The number of hydrogen-bond acceptors (Lipinski definition) is 6. The smallest absolute Gasteiger partial charge is 0.261 e. The van der Waals surface area contributed by atoms with Gasteiger partial charge >= 0.3 is 0 Å². The largest absolute Gasteiger partial charge is 0.497 e. The zero-order valence-electron chi connectivity index (χ0n) is 21.8. The number of fused-ring (bicyclic) bond motifs is 1. The number of sulfonamides is 2. The van der Waals surface area contributed by atoms with Gasteiger partial charge in [0.25, 0.3) is 10.0 Å². The fraction of sp³-hybridized carbons (Fsp3) is 0.207. The molecule has 9 nitrogen and oxygen atoms in total. The molecule has 0 aromatic heterocycles. The van der Waals surface area contributed by atoms with Gasteiger partial charge in [-0.15, -0.1) is 0 Å². The molecule has 4 aromatic carbocycles. The van der Waals surface area contributed by atoms with E-state index in [1.165, 1.54) is 47.8 Å². The highest BCUT2D eigenvalue weighted by Crippen LogP contribution is 2.28. The van der Waals surface area contributed by atoms with Gasteiger partial charge < -0.3 is 10.1 Å². The summed E-state index contributed by atoms with van der Waals surface area (Å²) in [6, 6.07) is 24.9. The topological polar surface area (TPSA) is 122 Å². The van der Waals surface area contributed by atoms with Crippen molar-refractivity contribution >= 4 is 48.1 Å². The van der Waals surface area contributed by atoms with Crippen LogP contribution in [0.3, 0.4) is 0 Å². The number of hydrogen-bond donors (Lipinski definition) is 2. The molecule has 0 radical (unpaired) electrons. The average Bonchev–Trinajstić information content (AvgIpc) is 2.97. The summed E-state index contributed by atoms with van der Waals surface area (Å²) >= 11 is 0. The van der Waals surface area contributed by atoms with Gasteiger partial charge in [-0.05, 0) is 72.8 Å². The monoisotopic (exact) mass is 579 g/mol. The minimum absolute atomic E-state index is 0.0489. The number of rotatable bonds is 8. The second kappa shape index (κ2) is 11.3. The van der Waals surface area contributed by atoms with Crippen molar-refractivity contribution in [3.8, 4) is 5.75 Å². The maximum absolute atomic E-state index is 13.1. The van der Waals surface area contributed by atoms with Crippen molar-refractivity contribution < 1.29 is 26.4 Å². The van der Waals surface area contributed by atoms with Crippen LogP contribution in [0.4, 0.5) is 11.4 Å². The van der Waals surface area contributed by atoms with E-state index in [4.69, 9.17) is 4.74 Å². The van der Waals surface area contributed by atoms with E-state index in [1.54, 1.807) is 24.3 Å². The molecule has 0 aliphatic carbocycles. The summed E-state index contributed by atoms with van der Waals surface area (Å²) in [7, 11) is -6.13. The van der Waals surface area contributed by atoms with Crippen LogP contribution in [0.25, 0.3) is 10.8 Å². The molecule has 1 aliphatic rings. The molecule has 4 aromatic rings. The van der Waals surface area contributed by atoms with Crippen LogP contribution in [0.2, 0.25) is 0 Å². The molecule has 0 saturated carbocycles. The van der Waals surface area contributed by atoms with Gasteiger partial charge in [-0.1, -0.05) is 36.4 Å². The standard InChI is InChI=1S/C29H29N3O6S2/c1-38-24-13-17-26(18-14-24)40(36,37)32-19-5-8-22(20-32)29(33)30-23-11-15-25(16-12-23)39(34,35)31-28-10-4-7-21-6-2-3-9-27(21)28/h2-4,6-7,9-18,22,31H,5,8,19-20H2,1H3,(H,30,33). The summed E-state index contributed by atoms with van der Waals surface area (Å²) in [4.78, 5) is 13.2. The van der Waals surface area contributed by atoms with Crippen molar-refractivity contribution in [3.05, 3.63) is 91.0 Å². The van der Waals surface area contributed by atoms with E-state index in [0.717, 1.165) is 10.8 Å². The Balaban J connectivity index is 1.25. The first kappa shape index (κ1) is 27.6. The third-order valence-corrected chi connectivity index (χ3v) is 10.2. The number of carbonyl (C=O) groups is 1. The molecular formula is C29H29N3O6S2. The van der Waals surface area contributed by atoms with Gasteiger partial charge in [0.2, 0.25) is 15.9 Å². The fourth-order valence-electron chi connectivity index (χ4n) is 4.75. The molecule has 0 spiro atoms. The molecule has 1 fully saturated rings. The molecule has 1 unspecified atom stereocenters. The molecule has 11 heteroatoms. The Morgan fingerprint density at radius 1 is 0.850 bits per heavy atom. The lowest BCUT2D eigenvalue weighted by atomic mass is 9.99. The van der Waals surface area contributed by atoms with E-state index in [0.29, 0.717) is 36.5 Å². The minimum Gasteiger partial charge on any atom is -0.497 e. The molecule has 208 valence electrons. The van der Waals surface area contributed by atoms with Crippen molar-refractivity contribution in [3.63, 3.8) is 0 Å². The van der Waals surface area contributed by atoms with Crippen LogP contribution in [0, 0.1) is 5.92 Å². The SMILES string of the molecule is COc1ccc(S(=O)(=O)N2CCCC(C(=O)Nc3ccc(S(=O)(=O)Nc4cccc5ccccc45)cc3)C2)cc1. The number of amides is 1. The van der Waals surface area contributed by atoms with E-state index < -0.39 is 26.0 Å². The first-order valence-electron chi connectivity index (χ1n) is 12.7. The van der Waals surface area contributed by atoms with Crippen LogP contribution < -0.4 is 14.8 Å². The number of benzene rings is 4. The summed E-state index contributed by atoms with van der Waals surface area (Å²) in [5, 5.41) is 4.50. The van der Waals surface area contributed by atoms with Crippen LogP contribution in [0.1, 0.15) is 12.8 Å².